The molecule has 0 fully saturated rings. The zero-order valence-corrected chi connectivity index (χ0v) is 9.62. The molecule has 2 rings (SSSR count). The maximum absolute atomic E-state index is 6.06. The summed E-state index contributed by atoms with van der Waals surface area (Å²) in [5.74, 6) is 0. The summed E-state index contributed by atoms with van der Waals surface area (Å²) >= 11 is 5.08. The topological polar surface area (TPSA) is 51.8 Å². The molecule has 0 amide bonds. The van der Waals surface area contributed by atoms with E-state index in [0.717, 1.165) is 14.9 Å². The van der Waals surface area contributed by atoms with Gasteiger partial charge < -0.3 is 5.73 Å². The van der Waals surface area contributed by atoms with Crippen LogP contribution < -0.4 is 5.73 Å². The predicted molar refractivity (Wildman–Crippen MR) is 60.1 cm³/mol. The van der Waals surface area contributed by atoms with Crippen LogP contribution in [0.4, 0.5) is 0 Å². The summed E-state index contributed by atoms with van der Waals surface area (Å²) < 4.78 is 1.04. The maximum Gasteiger partial charge on any atom is 0.115 e. The smallest absolute Gasteiger partial charge is 0.115 e. The van der Waals surface area contributed by atoms with Gasteiger partial charge in [0.25, 0.3) is 0 Å². The van der Waals surface area contributed by atoms with Gasteiger partial charge in [-0.2, -0.15) is 0 Å². The summed E-state index contributed by atoms with van der Waals surface area (Å²) in [4.78, 5) is 8.98. The van der Waals surface area contributed by atoms with E-state index in [1.165, 1.54) is 6.33 Å². The van der Waals surface area contributed by atoms with Crippen molar-refractivity contribution in [2.24, 2.45) is 5.73 Å². The lowest BCUT2D eigenvalue weighted by molar-refractivity contribution is 0.866. The zero-order chi connectivity index (χ0) is 9.97. The Balaban J connectivity index is 2.34. The third-order valence-electron chi connectivity index (χ3n) is 1.87. The molecule has 0 aromatic carbocycles. The molecule has 0 saturated carbocycles. The first kappa shape index (κ1) is 9.76. The molecule has 14 heavy (non-hydrogen) atoms. The summed E-state index contributed by atoms with van der Waals surface area (Å²) in [7, 11) is 0. The van der Waals surface area contributed by atoms with Gasteiger partial charge in [-0.1, -0.05) is 0 Å². The first-order valence-corrected chi connectivity index (χ1v) is 5.69. The normalized spacial score (nSPS) is 12.7. The van der Waals surface area contributed by atoms with E-state index >= 15 is 0 Å². The molecule has 1 atom stereocenters. The number of nitrogens with two attached hydrogens (primary N) is 1. The van der Waals surface area contributed by atoms with E-state index in [4.69, 9.17) is 5.73 Å². The van der Waals surface area contributed by atoms with Gasteiger partial charge in [-0.3, -0.25) is 0 Å². The Hall–Kier alpha value is -0.780. The molecule has 2 aromatic rings. The average Bonchev–Trinajstić information content (AvgIpc) is 2.65. The molecule has 0 radical (unpaired) electrons. The largest absolute Gasteiger partial charge is 0.319 e. The molecule has 0 aliphatic rings. The molecule has 0 aliphatic heterocycles. The molecule has 2 aromatic heterocycles. The monoisotopic (exact) mass is 269 g/mol. The van der Waals surface area contributed by atoms with E-state index in [9.17, 15) is 0 Å². The van der Waals surface area contributed by atoms with Crippen molar-refractivity contribution < 1.29 is 0 Å². The van der Waals surface area contributed by atoms with Crippen LogP contribution in [0.15, 0.2) is 34.6 Å². The number of nitrogens with zero attached hydrogens (tertiary/aromatic N) is 2. The van der Waals surface area contributed by atoms with Crippen LogP contribution in [0.5, 0.6) is 0 Å². The van der Waals surface area contributed by atoms with Crippen LogP contribution in [0.2, 0.25) is 0 Å². The molecular formula is C9H8BrN3S. The van der Waals surface area contributed by atoms with Crippen LogP contribution in [0, 0.1) is 0 Å². The highest BCUT2D eigenvalue weighted by atomic mass is 79.9. The van der Waals surface area contributed by atoms with Crippen molar-refractivity contribution in [3.63, 3.8) is 0 Å². The van der Waals surface area contributed by atoms with Crippen molar-refractivity contribution >= 4 is 27.3 Å². The minimum atomic E-state index is -0.148. The predicted octanol–water partition coefficient (Wildman–Crippen LogP) is 2.35. The molecule has 3 nitrogen and oxygen atoms in total. The van der Waals surface area contributed by atoms with Crippen LogP contribution >= 0.6 is 27.3 Å². The summed E-state index contributed by atoms with van der Waals surface area (Å²) in [5.41, 5.74) is 6.99. The average molecular weight is 270 g/mol. The van der Waals surface area contributed by atoms with Gasteiger partial charge in [0.15, 0.2) is 0 Å². The van der Waals surface area contributed by atoms with Gasteiger partial charge in [-0.25, -0.2) is 9.97 Å². The number of rotatable bonds is 2. The fourth-order valence-corrected chi connectivity index (χ4v) is 2.80. The summed E-state index contributed by atoms with van der Waals surface area (Å²) in [6, 6.07) is 1.84. The first-order chi connectivity index (χ1) is 6.79. The molecule has 0 spiro atoms. The van der Waals surface area contributed by atoms with Crippen LogP contribution in [-0.2, 0) is 0 Å². The SMILES string of the molecule is NC(c1cncnc1)c1sccc1Br. The number of hydrogen-bond acceptors (Lipinski definition) is 4. The Labute approximate surface area is 94.1 Å². The Morgan fingerprint density at radius 1 is 1.36 bits per heavy atom. The van der Waals surface area contributed by atoms with Crippen LogP contribution in [-0.4, -0.2) is 9.97 Å². The number of halogens is 1. The van der Waals surface area contributed by atoms with Gasteiger partial charge in [0, 0.05) is 27.3 Å². The Kier molecular flexibility index (Phi) is 2.90. The minimum Gasteiger partial charge on any atom is -0.319 e. The Morgan fingerprint density at radius 2 is 2.07 bits per heavy atom. The maximum atomic E-state index is 6.06. The second-order valence-electron chi connectivity index (χ2n) is 2.78. The lowest BCUT2D eigenvalue weighted by Crippen LogP contribution is -2.11. The molecule has 0 bridgehead atoms. The van der Waals surface area contributed by atoms with Crippen molar-refractivity contribution in [1.82, 2.24) is 9.97 Å². The van der Waals surface area contributed by atoms with Crippen molar-refractivity contribution in [3.05, 3.63) is 45.1 Å². The van der Waals surface area contributed by atoms with Crippen molar-refractivity contribution in [3.8, 4) is 0 Å². The molecule has 0 aliphatic carbocycles. The highest BCUT2D eigenvalue weighted by Crippen LogP contribution is 2.30. The van der Waals surface area contributed by atoms with Crippen molar-refractivity contribution in [1.29, 1.82) is 0 Å². The first-order valence-electron chi connectivity index (χ1n) is 4.02. The fourth-order valence-electron chi connectivity index (χ4n) is 1.15. The third-order valence-corrected chi connectivity index (χ3v) is 3.82. The van der Waals surface area contributed by atoms with E-state index in [0.29, 0.717) is 0 Å². The third kappa shape index (κ3) is 1.84. The second kappa shape index (κ2) is 4.16. The zero-order valence-electron chi connectivity index (χ0n) is 7.22. The van der Waals surface area contributed by atoms with Crippen molar-refractivity contribution in [2.75, 3.05) is 0 Å². The van der Waals surface area contributed by atoms with Crippen molar-refractivity contribution in [2.45, 2.75) is 6.04 Å². The summed E-state index contributed by atoms with van der Waals surface area (Å²) in [6.45, 7) is 0. The van der Waals surface area contributed by atoms with E-state index in [1.807, 2.05) is 11.4 Å². The Morgan fingerprint density at radius 3 is 2.64 bits per heavy atom. The molecule has 72 valence electrons. The Bertz CT molecular complexity index is 415. The van der Waals surface area contributed by atoms with Gasteiger partial charge in [-0.15, -0.1) is 11.3 Å². The number of thiophene rings is 1. The standard InChI is InChI=1S/C9H8BrN3S/c10-7-1-2-14-9(7)8(11)6-3-12-5-13-4-6/h1-5,8H,11H2. The summed E-state index contributed by atoms with van der Waals surface area (Å²) in [6.07, 6.45) is 4.98. The minimum absolute atomic E-state index is 0.148. The number of hydrogen-bond donors (Lipinski definition) is 1. The molecule has 0 saturated heterocycles. The number of aromatic nitrogens is 2. The second-order valence-corrected chi connectivity index (χ2v) is 4.58. The highest BCUT2D eigenvalue weighted by Gasteiger charge is 2.13. The van der Waals surface area contributed by atoms with E-state index in [1.54, 1.807) is 23.7 Å². The van der Waals surface area contributed by atoms with Gasteiger partial charge in [0.1, 0.15) is 6.33 Å². The van der Waals surface area contributed by atoms with Gasteiger partial charge in [0.2, 0.25) is 0 Å². The molecule has 5 heteroatoms. The van der Waals surface area contributed by atoms with Crippen LogP contribution in [0.1, 0.15) is 16.5 Å². The fraction of sp³-hybridized carbons (Fsp3) is 0.111. The van der Waals surface area contributed by atoms with E-state index in [-0.39, 0.29) is 6.04 Å². The molecular weight excluding hydrogens is 262 g/mol. The molecule has 2 heterocycles. The van der Waals surface area contributed by atoms with Crippen LogP contribution in [0.3, 0.4) is 0 Å². The molecule has 1 unspecified atom stereocenters. The highest BCUT2D eigenvalue weighted by molar-refractivity contribution is 9.10. The lowest BCUT2D eigenvalue weighted by Gasteiger charge is -2.09. The lowest BCUT2D eigenvalue weighted by atomic mass is 10.1. The molecule has 2 N–H and O–H groups in total. The van der Waals surface area contributed by atoms with Gasteiger partial charge >= 0.3 is 0 Å². The van der Waals surface area contributed by atoms with Crippen LogP contribution in [0.25, 0.3) is 0 Å². The van der Waals surface area contributed by atoms with Gasteiger partial charge in [0.05, 0.1) is 6.04 Å². The van der Waals surface area contributed by atoms with E-state index < -0.39 is 0 Å². The summed E-state index contributed by atoms with van der Waals surface area (Å²) in [5, 5.41) is 2.00. The quantitative estimate of drug-likeness (QED) is 0.911. The van der Waals surface area contributed by atoms with Gasteiger partial charge in [-0.05, 0) is 27.4 Å². The van der Waals surface area contributed by atoms with E-state index in [2.05, 4.69) is 25.9 Å².